The fourth-order valence-electron chi connectivity index (χ4n) is 2.38. The van der Waals surface area contributed by atoms with Gasteiger partial charge in [0.2, 0.25) is 0 Å². The van der Waals surface area contributed by atoms with Crippen LogP contribution in [0.5, 0.6) is 11.5 Å². The molecule has 6 nitrogen and oxygen atoms in total. The first-order valence-electron chi connectivity index (χ1n) is 7.64. The summed E-state index contributed by atoms with van der Waals surface area (Å²) < 4.78 is 11.1. The lowest BCUT2D eigenvalue weighted by molar-refractivity contribution is -0.115. The smallest absolute Gasteiger partial charge is 0.290 e. The van der Waals surface area contributed by atoms with Gasteiger partial charge in [-0.05, 0) is 41.6 Å². The van der Waals surface area contributed by atoms with E-state index in [1.807, 2.05) is 12.1 Å². The van der Waals surface area contributed by atoms with E-state index < -0.39 is 5.91 Å². The lowest BCUT2D eigenvalue weighted by atomic mass is 10.1. The van der Waals surface area contributed by atoms with Crippen molar-refractivity contribution in [3.8, 4) is 17.6 Å². The van der Waals surface area contributed by atoms with Gasteiger partial charge in [-0.15, -0.1) is 0 Å². The molecule has 0 radical (unpaired) electrons. The van der Waals surface area contributed by atoms with Crippen LogP contribution >= 0.6 is 11.8 Å². The van der Waals surface area contributed by atoms with Gasteiger partial charge >= 0.3 is 0 Å². The number of ether oxygens (including phenoxy) is 2. The number of thioether (sulfide) groups is 1. The number of nitrogens with one attached hydrogen (secondary N) is 1. The second-order valence-corrected chi connectivity index (χ2v) is 6.33. The monoisotopic (exact) mass is 366 g/mol. The van der Waals surface area contributed by atoms with Gasteiger partial charge in [-0.25, -0.2) is 0 Å². The van der Waals surface area contributed by atoms with E-state index >= 15 is 0 Å². The molecule has 0 aromatic heterocycles. The zero-order valence-corrected chi connectivity index (χ0v) is 14.6. The molecule has 2 amide bonds. The Kier molecular flexibility index (Phi) is 5.25. The summed E-state index contributed by atoms with van der Waals surface area (Å²) in [4.78, 5) is 23.2. The lowest BCUT2D eigenvalue weighted by Gasteiger charge is -2.12. The Morgan fingerprint density at radius 1 is 1.19 bits per heavy atom. The molecule has 130 valence electrons. The van der Waals surface area contributed by atoms with Crippen LogP contribution in [0, 0.1) is 11.3 Å². The van der Waals surface area contributed by atoms with E-state index in [0.29, 0.717) is 27.5 Å². The van der Waals surface area contributed by atoms with Crippen LogP contribution in [-0.4, -0.2) is 18.3 Å². The molecule has 3 rings (SSSR count). The Balaban J connectivity index is 1.79. The highest BCUT2D eigenvalue weighted by atomic mass is 32.2. The topological polar surface area (TPSA) is 88.4 Å². The molecule has 1 N–H and O–H groups in total. The van der Waals surface area contributed by atoms with E-state index in [4.69, 9.17) is 14.7 Å². The SMILES string of the molecule is COc1cc(/C=C2\SC(=O)NC2=O)ccc1OCc1ccccc1C#N. The zero-order valence-electron chi connectivity index (χ0n) is 13.8. The molecule has 1 fully saturated rings. The minimum atomic E-state index is -0.410. The van der Waals surface area contributed by atoms with Crippen molar-refractivity contribution in [2.24, 2.45) is 0 Å². The molecule has 0 spiro atoms. The van der Waals surface area contributed by atoms with E-state index in [2.05, 4.69) is 11.4 Å². The second kappa shape index (κ2) is 7.76. The molecule has 1 heterocycles. The normalized spacial score (nSPS) is 14.8. The third-order valence-electron chi connectivity index (χ3n) is 3.65. The first-order chi connectivity index (χ1) is 12.6. The van der Waals surface area contributed by atoms with Crippen LogP contribution in [0.25, 0.3) is 6.08 Å². The van der Waals surface area contributed by atoms with Crippen molar-refractivity contribution in [1.82, 2.24) is 5.32 Å². The number of amides is 2. The number of methoxy groups -OCH3 is 1. The van der Waals surface area contributed by atoms with Crippen molar-refractivity contribution < 1.29 is 19.1 Å². The second-order valence-electron chi connectivity index (χ2n) is 5.32. The third-order valence-corrected chi connectivity index (χ3v) is 4.46. The maximum Gasteiger partial charge on any atom is 0.290 e. The van der Waals surface area contributed by atoms with Gasteiger partial charge in [0.05, 0.1) is 23.6 Å². The van der Waals surface area contributed by atoms with Crippen LogP contribution < -0.4 is 14.8 Å². The quantitative estimate of drug-likeness (QED) is 0.815. The Labute approximate surface area is 154 Å². The average molecular weight is 366 g/mol. The summed E-state index contributed by atoms with van der Waals surface area (Å²) in [6, 6.07) is 14.5. The molecule has 26 heavy (non-hydrogen) atoms. The van der Waals surface area contributed by atoms with Crippen molar-refractivity contribution >= 4 is 29.0 Å². The van der Waals surface area contributed by atoms with Gasteiger partial charge < -0.3 is 9.47 Å². The summed E-state index contributed by atoms with van der Waals surface area (Å²) in [6.07, 6.45) is 1.61. The van der Waals surface area contributed by atoms with Gasteiger partial charge in [0, 0.05) is 5.56 Å². The first-order valence-corrected chi connectivity index (χ1v) is 8.46. The van der Waals surface area contributed by atoms with E-state index in [9.17, 15) is 9.59 Å². The number of carbonyl (C=O) groups excluding carboxylic acids is 2. The van der Waals surface area contributed by atoms with Crippen LogP contribution in [0.2, 0.25) is 0 Å². The third kappa shape index (κ3) is 3.87. The summed E-state index contributed by atoms with van der Waals surface area (Å²) >= 11 is 0.857. The van der Waals surface area contributed by atoms with Crippen molar-refractivity contribution in [3.05, 3.63) is 64.1 Å². The van der Waals surface area contributed by atoms with Crippen molar-refractivity contribution in [2.45, 2.75) is 6.61 Å². The van der Waals surface area contributed by atoms with Crippen LogP contribution in [0.3, 0.4) is 0 Å². The standard InChI is InChI=1S/C19H14N2O4S/c1-24-16-8-12(9-17-18(22)21-19(23)26-17)6-7-15(16)25-11-14-5-3-2-4-13(14)10-20/h2-9H,11H2,1H3,(H,21,22,23)/b17-9-. The molecule has 7 heteroatoms. The number of carbonyl (C=O) groups is 2. The molecule has 0 unspecified atom stereocenters. The van der Waals surface area contributed by atoms with E-state index in [1.165, 1.54) is 7.11 Å². The van der Waals surface area contributed by atoms with Gasteiger partial charge in [0.25, 0.3) is 11.1 Å². The van der Waals surface area contributed by atoms with Gasteiger partial charge in [-0.2, -0.15) is 5.26 Å². The van der Waals surface area contributed by atoms with Crippen molar-refractivity contribution in [2.75, 3.05) is 7.11 Å². The number of imide groups is 1. The fourth-order valence-corrected chi connectivity index (χ4v) is 3.06. The number of nitriles is 1. The molecule has 0 aliphatic carbocycles. The van der Waals surface area contributed by atoms with Crippen LogP contribution in [-0.2, 0) is 11.4 Å². The molecule has 1 saturated heterocycles. The number of hydrogen-bond donors (Lipinski definition) is 1. The Hall–Kier alpha value is -3.24. The Bertz CT molecular complexity index is 947. The van der Waals surface area contributed by atoms with Crippen molar-refractivity contribution in [1.29, 1.82) is 5.26 Å². The molecule has 2 aromatic carbocycles. The molecular formula is C19H14N2O4S. The fraction of sp³-hybridized carbons (Fsp3) is 0.105. The van der Waals surface area contributed by atoms with Crippen LogP contribution in [0.4, 0.5) is 4.79 Å². The molecular weight excluding hydrogens is 352 g/mol. The maximum atomic E-state index is 11.6. The number of nitrogens with zero attached hydrogens (tertiary/aromatic N) is 1. The minimum absolute atomic E-state index is 0.229. The number of rotatable bonds is 5. The van der Waals surface area contributed by atoms with Crippen molar-refractivity contribution in [3.63, 3.8) is 0 Å². The highest BCUT2D eigenvalue weighted by molar-refractivity contribution is 8.18. The summed E-state index contributed by atoms with van der Waals surface area (Å²) in [7, 11) is 1.52. The van der Waals surface area contributed by atoms with Gasteiger partial charge in [-0.3, -0.25) is 14.9 Å². The highest BCUT2D eigenvalue weighted by Gasteiger charge is 2.25. The molecule has 0 bridgehead atoms. The van der Waals surface area contributed by atoms with Crippen LogP contribution in [0.15, 0.2) is 47.4 Å². The van der Waals surface area contributed by atoms with E-state index in [-0.39, 0.29) is 11.8 Å². The summed E-state index contributed by atoms with van der Waals surface area (Å²) in [5.41, 5.74) is 2.04. The van der Waals surface area contributed by atoms with E-state index in [1.54, 1.807) is 36.4 Å². The summed E-state index contributed by atoms with van der Waals surface area (Å²) in [6.45, 7) is 0.229. The largest absolute Gasteiger partial charge is 0.493 e. The molecule has 2 aromatic rings. The first kappa shape index (κ1) is 17.6. The summed E-state index contributed by atoms with van der Waals surface area (Å²) in [5, 5.41) is 11.0. The minimum Gasteiger partial charge on any atom is -0.493 e. The maximum absolute atomic E-state index is 11.6. The predicted molar refractivity (Wildman–Crippen MR) is 97.6 cm³/mol. The molecule has 1 aliphatic heterocycles. The highest BCUT2D eigenvalue weighted by Crippen LogP contribution is 2.32. The van der Waals surface area contributed by atoms with E-state index in [0.717, 1.165) is 17.3 Å². The predicted octanol–water partition coefficient (Wildman–Crippen LogP) is 3.47. The molecule has 1 aliphatic rings. The van der Waals surface area contributed by atoms with Gasteiger partial charge in [0.1, 0.15) is 6.61 Å². The molecule has 0 saturated carbocycles. The lowest BCUT2D eigenvalue weighted by Crippen LogP contribution is -2.17. The Morgan fingerprint density at radius 3 is 2.69 bits per heavy atom. The average Bonchev–Trinajstić information content (AvgIpc) is 2.97. The Morgan fingerprint density at radius 2 is 2.00 bits per heavy atom. The van der Waals surface area contributed by atoms with Crippen LogP contribution in [0.1, 0.15) is 16.7 Å². The van der Waals surface area contributed by atoms with Gasteiger partial charge in [-0.1, -0.05) is 24.3 Å². The zero-order chi connectivity index (χ0) is 18.5. The number of hydrogen-bond acceptors (Lipinski definition) is 6. The molecule has 0 atom stereocenters. The number of benzene rings is 2. The van der Waals surface area contributed by atoms with Gasteiger partial charge in [0.15, 0.2) is 11.5 Å². The summed E-state index contributed by atoms with van der Waals surface area (Å²) in [5.74, 6) is 0.595.